The van der Waals surface area contributed by atoms with Crippen molar-refractivity contribution >= 4 is 27.5 Å². The lowest BCUT2D eigenvalue weighted by Crippen LogP contribution is -2.13. The molecule has 2 aromatic carbocycles. The Labute approximate surface area is 149 Å². The molecule has 2 N–H and O–H groups in total. The maximum atomic E-state index is 12.7. The quantitative estimate of drug-likeness (QED) is 0.631. The van der Waals surface area contributed by atoms with E-state index in [4.69, 9.17) is 0 Å². The number of nitrogens with one attached hydrogen (secondary N) is 2. The Balaban J connectivity index is 1.77. The molecule has 0 unspecified atom stereocenters. The molecule has 1 amide bonds. The number of amides is 1. The molecule has 25 heavy (non-hydrogen) atoms. The van der Waals surface area contributed by atoms with Gasteiger partial charge in [0.05, 0.1) is 11.3 Å². The molecule has 1 heterocycles. The summed E-state index contributed by atoms with van der Waals surface area (Å²) < 4.78 is 39.1. The third-order valence-corrected chi connectivity index (χ3v) is 3.94. The smallest absolute Gasteiger partial charge is 0.321 e. The van der Waals surface area contributed by atoms with Gasteiger partial charge in [0.2, 0.25) is 0 Å². The molecule has 0 aliphatic carbocycles. The largest absolute Gasteiger partial charge is 0.416 e. The molecule has 0 bridgehead atoms. The molecule has 0 spiro atoms. The average molecular weight is 410 g/mol. The van der Waals surface area contributed by atoms with E-state index in [0.29, 0.717) is 5.69 Å². The highest BCUT2D eigenvalue weighted by Gasteiger charge is 2.30. The Morgan fingerprint density at radius 2 is 1.80 bits per heavy atom. The fraction of sp³-hybridized carbons (Fsp3) is 0.0588. The fourth-order valence-electron chi connectivity index (χ4n) is 2.18. The summed E-state index contributed by atoms with van der Waals surface area (Å²) in [5, 5.41) is 9.07. The van der Waals surface area contributed by atoms with Crippen molar-refractivity contribution in [2.45, 2.75) is 6.18 Å². The third-order valence-electron chi connectivity index (χ3n) is 3.41. The molecule has 8 heteroatoms. The van der Waals surface area contributed by atoms with Crippen molar-refractivity contribution in [3.8, 4) is 11.3 Å². The van der Waals surface area contributed by atoms with Crippen LogP contribution in [0.5, 0.6) is 0 Å². The van der Waals surface area contributed by atoms with Crippen LogP contribution in [0.25, 0.3) is 11.3 Å². The zero-order valence-electron chi connectivity index (χ0n) is 12.6. The van der Waals surface area contributed by atoms with Crippen LogP contribution in [0, 0.1) is 0 Å². The number of nitrogens with zero attached hydrogens (tertiary/aromatic N) is 1. The summed E-state index contributed by atoms with van der Waals surface area (Å²) in [7, 11) is 0. The number of alkyl halides is 3. The van der Waals surface area contributed by atoms with E-state index in [-0.39, 0.29) is 11.4 Å². The van der Waals surface area contributed by atoms with Crippen LogP contribution in [-0.2, 0) is 6.18 Å². The maximum Gasteiger partial charge on any atom is 0.416 e. The van der Waals surface area contributed by atoms with Crippen LogP contribution in [0.3, 0.4) is 0 Å². The first-order chi connectivity index (χ1) is 11.8. The molecular weight excluding hydrogens is 399 g/mol. The Morgan fingerprint density at radius 3 is 2.48 bits per heavy atom. The van der Waals surface area contributed by atoms with Gasteiger partial charge in [0, 0.05) is 15.7 Å². The molecule has 4 nitrogen and oxygen atoms in total. The van der Waals surface area contributed by atoms with E-state index >= 15 is 0 Å². The Hall–Kier alpha value is -2.61. The lowest BCUT2D eigenvalue weighted by molar-refractivity contribution is -0.137. The van der Waals surface area contributed by atoms with Crippen LogP contribution >= 0.6 is 15.9 Å². The number of H-pyrrole nitrogens is 1. The van der Waals surface area contributed by atoms with E-state index in [0.717, 1.165) is 22.2 Å². The first-order valence-electron chi connectivity index (χ1n) is 7.13. The van der Waals surface area contributed by atoms with Crippen LogP contribution in [0.15, 0.2) is 59.1 Å². The molecule has 3 rings (SSSR count). The summed E-state index contributed by atoms with van der Waals surface area (Å²) in [6.07, 6.45) is -4.47. The first kappa shape index (κ1) is 17.2. The number of rotatable bonds is 3. The fourth-order valence-corrected chi connectivity index (χ4v) is 2.44. The summed E-state index contributed by atoms with van der Waals surface area (Å²) in [4.78, 5) is 12.2. The standard InChI is InChI=1S/C17H11BrF3N3O/c18-12-6-4-10(5-7-12)14-9-15(24-23-14)16(25)22-13-3-1-2-11(8-13)17(19,20)21/h1-9H,(H,22,25)(H,23,24). The van der Waals surface area contributed by atoms with Crippen molar-refractivity contribution in [2.24, 2.45) is 0 Å². The monoisotopic (exact) mass is 409 g/mol. The Kier molecular flexibility index (Phi) is 4.63. The minimum absolute atomic E-state index is 0.0552. The summed E-state index contributed by atoms with van der Waals surface area (Å²) >= 11 is 3.33. The number of carbonyl (C=O) groups excluding carboxylic acids is 1. The summed E-state index contributed by atoms with van der Waals surface area (Å²) in [6, 6.07) is 13.3. The zero-order valence-corrected chi connectivity index (χ0v) is 14.1. The summed E-state index contributed by atoms with van der Waals surface area (Å²) in [5.41, 5.74) is 0.736. The number of hydrogen-bond acceptors (Lipinski definition) is 2. The predicted octanol–water partition coefficient (Wildman–Crippen LogP) is 5.11. The van der Waals surface area contributed by atoms with Crippen LogP contribution in [0.1, 0.15) is 16.1 Å². The highest BCUT2D eigenvalue weighted by molar-refractivity contribution is 9.10. The highest BCUT2D eigenvalue weighted by Crippen LogP contribution is 2.30. The van der Waals surface area contributed by atoms with Gasteiger partial charge < -0.3 is 5.32 Å². The second-order valence-electron chi connectivity index (χ2n) is 5.21. The van der Waals surface area contributed by atoms with Gasteiger partial charge in [0.1, 0.15) is 5.69 Å². The number of anilines is 1. The molecule has 1 aromatic heterocycles. The van der Waals surface area contributed by atoms with Gasteiger partial charge in [-0.15, -0.1) is 0 Å². The van der Waals surface area contributed by atoms with E-state index in [2.05, 4.69) is 31.4 Å². The molecule has 3 aromatic rings. The van der Waals surface area contributed by atoms with Gasteiger partial charge in [0.15, 0.2) is 0 Å². The van der Waals surface area contributed by atoms with Crippen LogP contribution in [0.4, 0.5) is 18.9 Å². The summed E-state index contributed by atoms with van der Waals surface area (Å²) in [5.74, 6) is -0.574. The van der Waals surface area contributed by atoms with Crippen LogP contribution < -0.4 is 5.32 Å². The normalized spacial score (nSPS) is 11.4. The van der Waals surface area contributed by atoms with E-state index in [1.54, 1.807) is 0 Å². The average Bonchev–Trinajstić information content (AvgIpc) is 3.05. The number of aromatic nitrogens is 2. The molecule has 0 aliphatic rings. The van der Waals surface area contributed by atoms with Gasteiger partial charge in [-0.2, -0.15) is 18.3 Å². The van der Waals surface area contributed by atoms with Crippen molar-refractivity contribution in [3.63, 3.8) is 0 Å². The van der Waals surface area contributed by atoms with E-state index in [9.17, 15) is 18.0 Å². The Bertz CT molecular complexity index is 904. The minimum Gasteiger partial charge on any atom is -0.321 e. The van der Waals surface area contributed by atoms with Crippen molar-refractivity contribution < 1.29 is 18.0 Å². The third kappa shape index (κ3) is 4.08. The molecule has 0 radical (unpaired) electrons. The second kappa shape index (κ2) is 6.72. The van der Waals surface area contributed by atoms with Gasteiger partial charge >= 0.3 is 6.18 Å². The number of benzene rings is 2. The number of carbonyl (C=O) groups is 1. The van der Waals surface area contributed by atoms with Crippen molar-refractivity contribution in [1.82, 2.24) is 10.2 Å². The predicted molar refractivity (Wildman–Crippen MR) is 91.1 cm³/mol. The van der Waals surface area contributed by atoms with Crippen LogP contribution in [-0.4, -0.2) is 16.1 Å². The minimum atomic E-state index is -4.47. The van der Waals surface area contributed by atoms with E-state index < -0.39 is 17.6 Å². The maximum absolute atomic E-state index is 12.7. The summed E-state index contributed by atoms with van der Waals surface area (Å²) in [6.45, 7) is 0. The van der Waals surface area contributed by atoms with E-state index in [1.165, 1.54) is 18.2 Å². The lowest BCUT2D eigenvalue weighted by Gasteiger charge is -2.09. The molecule has 0 saturated carbocycles. The topological polar surface area (TPSA) is 57.8 Å². The van der Waals surface area contributed by atoms with Crippen molar-refractivity contribution in [1.29, 1.82) is 0 Å². The first-order valence-corrected chi connectivity index (χ1v) is 7.92. The molecule has 0 aliphatic heterocycles. The van der Waals surface area contributed by atoms with Gasteiger partial charge in [-0.1, -0.05) is 34.1 Å². The molecule has 0 saturated heterocycles. The number of hydrogen-bond donors (Lipinski definition) is 2. The van der Waals surface area contributed by atoms with Crippen molar-refractivity contribution in [2.75, 3.05) is 5.32 Å². The highest BCUT2D eigenvalue weighted by atomic mass is 79.9. The second-order valence-corrected chi connectivity index (χ2v) is 6.12. The molecular formula is C17H11BrF3N3O. The van der Waals surface area contributed by atoms with Crippen LogP contribution in [0.2, 0.25) is 0 Å². The van der Waals surface area contributed by atoms with Gasteiger partial charge in [-0.05, 0) is 36.4 Å². The zero-order chi connectivity index (χ0) is 18.0. The molecule has 0 atom stereocenters. The van der Waals surface area contributed by atoms with Gasteiger partial charge in [0.25, 0.3) is 5.91 Å². The van der Waals surface area contributed by atoms with Gasteiger partial charge in [-0.3, -0.25) is 9.89 Å². The number of halogens is 4. The van der Waals surface area contributed by atoms with Crippen molar-refractivity contribution in [3.05, 3.63) is 70.3 Å². The number of aromatic amines is 1. The molecule has 0 fully saturated rings. The van der Waals surface area contributed by atoms with Gasteiger partial charge in [-0.25, -0.2) is 0 Å². The van der Waals surface area contributed by atoms with E-state index in [1.807, 2.05) is 24.3 Å². The Morgan fingerprint density at radius 1 is 1.08 bits per heavy atom. The SMILES string of the molecule is O=C(Nc1cccc(C(F)(F)F)c1)c1cc(-c2ccc(Br)cc2)n[nH]1. The lowest BCUT2D eigenvalue weighted by atomic mass is 10.1. The molecule has 128 valence electrons.